The predicted molar refractivity (Wildman–Crippen MR) is 241 cm³/mol. The number of hydrogen-bond donors (Lipinski definition) is 7. The first-order valence-corrected chi connectivity index (χ1v) is 26.7. The zero-order chi connectivity index (χ0) is 46.9. The number of esters is 2. The van der Waals surface area contributed by atoms with Crippen molar-refractivity contribution in [3.05, 3.63) is 24.3 Å². The number of phosphoric ester groups is 2. The van der Waals surface area contributed by atoms with Crippen LogP contribution in [-0.2, 0) is 41.8 Å². The lowest BCUT2D eigenvalue weighted by Gasteiger charge is -2.20. The average Bonchev–Trinajstić information content (AvgIpc) is 3.50. The van der Waals surface area contributed by atoms with E-state index >= 15 is 0 Å². The van der Waals surface area contributed by atoms with E-state index in [0.717, 1.165) is 50.9 Å². The van der Waals surface area contributed by atoms with Crippen LogP contribution in [0, 0.1) is 17.8 Å². The highest BCUT2D eigenvalue weighted by Crippen LogP contribution is 2.44. The fourth-order valence-electron chi connectivity index (χ4n) is 7.42. The summed E-state index contributed by atoms with van der Waals surface area (Å²) in [5.41, 5.74) is 0. The second kappa shape index (κ2) is 35.6. The van der Waals surface area contributed by atoms with Gasteiger partial charge in [-0.05, 0) is 31.1 Å². The molecule has 0 spiro atoms. The number of phosphoric acid groups is 2. The van der Waals surface area contributed by atoms with E-state index in [4.69, 9.17) is 23.8 Å². The summed E-state index contributed by atoms with van der Waals surface area (Å²) in [6, 6.07) is 0. The summed E-state index contributed by atoms with van der Waals surface area (Å²) in [7, 11) is -9.79. The topological polar surface area (TPSA) is 256 Å². The van der Waals surface area contributed by atoms with Gasteiger partial charge in [0.05, 0.1) is 44.6 Å². The first-order valence-electron chi connectivity index (χ1n) is 23.7. The van der Waals surface area contributed by atoms with Gasteiger partial charge in [0.15, 0.2) is 6.10 Å². The Kier molecular flexibility index (Phi) is 33.7. The number of ether oxygens (including phenoxy) is 2. The molecule has 0 amide bonds. The highest BCUT2D eigenvalue weighted by Gasteiger charge is 2.39. The molecule has 0 heterocycles. The van der Waals surface area contributed by atoms with E-state index in [1.54, 1.807) is 24.3 Å². The van der Waals surface area contributed by atoms with Gasteiger partial charge in [0, 0.05) is 18.8 Å². The number of allylic oxidation sites excluding steroid dienone is 1. The van der Waals surface area contributed by atoms with Crippen molar-refractivity contribution in [2.75, 3.05) is 26.4 Å². The maximum atomic E-state index is 12.8. The van der Waals surface area contributed by atoms with E-state index in [-0.39, 0.29) is 31.1 Å². The third-order valence-corrected chi connectivity index (χ3v) is 12.9. The Hall–Kier alpha value is -1.52. The van der Waals surface area contributed by atoms with Crippen molar-refractivity contribution >= 4 is 27.6 Å². The number of unbranched alkanes of at least 4 members (excludes halogenated alkanes) is 15. The van der Waals surface area contributed by atoms with Crippen LogP contribution in [0.15, 0.2) is 24.3 Å². The van der Waals surface area contributed by atoms with Crippen LogP contribution in [-0.4, -0.2) is 104 Å². The fourth-order valence-corrected chi connectivity index (χ4v) is 8.57. The molecule has 0 radical (unpaired) electrons. The Balaban J connectivity index is 2.55. The summed E-state index contributed by atoms with van der Waals surface area (Å²) in [6.07, 6.45) is 24.4. The Morgan fingerprint density at radius 2 is 1.24 bits per heavy atom. The number of hydrogen-bond acceptors (Lipinski definition) is 13. The van der Waals surface area contributed by atoms with Crippen molar-refractivity contribution in [3.63, 3.8) is 0 Å². The SMILES string of the molecule is CCCCC[C@@H](O)/C=C/[C@@H]1[C@H](C/C=C\CC(=O)OC[C@H](COP(=O)(O)OC[C@@H](O)COP(=O)(O)O)OC(=O)CCCCCCCCCCCCCCCCC(C)CC)[C@@H](O)C[C@H]1O. The van der Waals surface area contributed by atoms with Gasteiger partial charge >= 0.3 is 27.6 Å². The van der Waals surface area contributed by atoms with Crippen LogP contribution in [0.3, 0.4) is 0 Å². The normalized spacial score (nSPS) is 21.1. The molecule has 0 aromatic rings. The maximum absolute atomic E-state index is 12.8. The van der Waals surface area contributed by atoms with Crippen LogP contribution in [0.1, 0.15) is 175 Å². The summed E-state index contributed by atoms with van der Waals surface area (Å²) in [6.45, 7) is 3.66. The van der Waals surface area contributed by atoms with Crippen LogP contribution < -0.4 is 0 Å². The molecule has 0 bridgehead atoms. The van der Waals surface area contributed by atoms with Crippen LogP contribution in [0.4, 0.5) is 0 Å². The standard InChI is InChI=1S/C45H84O16P2/c1-4-6-19-25-37(46)29-30-41-40(42(48)31-43(41)49)26-22-23-27-44(50)57-34-39(35-60-63(55,56)59-33-38(47)32-58-62(52,53)54)61-45(51)28-21-18-16-14-12-10-8-7-9-11-13-15-17-20-24-36(3)5-2/h22-23,29-30,36-43,46-49H,4-21,24-28,31-35H2,1-3H3,(H,55,56)(H2,52,53,54)/b23-22-,30-29+/t36?,37-,38+,39-,40+,41-,42+,43-/m1/s1. The largest absolute Gasteiger partial charge is 0.472 e. The van der Waals surface area contributed by atoms with Crippen molar-refractivity contribution in [1.82, 2.24) is 0 Å². The summed E-state index contributed by atoms with van der Waals surface area (Å²) in [5.74, 6) is -1.18. The molecule has 63 heavy (non-hydrogen) atoms. The number of rotatable bonds is 40. The lowest BCUT2D eigenvalue weighted by atomic mass is 9.89. The van der Waals surface area contributed by atoms with Crippen LogP contribution in [0.5, 0.6) is 0 Å². The molecule has 0 aromatic heterocycles. The number of aliphatic hydroxyl groups is 4. The molecule has 1 fully saturated rings. The van der Waals surface area contributed by atoms with Gasteiger partial charge in [-0.15, -0.1) is 0 Å². The molecule has 2 unspecified atom stereocenters. The minimum Gasteiger partial charge on any atom is -0.461 e. The number of carbonyl (C=O) groups is 2. The van der Waals surface area contributed by atoms with Gasteiger partial charge in [-0.2, -0.15) is 0 Å². The second-order valence-electron chi connectivity index (χ2n) is 17.3. The van der Waals surface area contributed by atoms with Crippen molar-refractivity contribution < 1.29 is 76.9 Å². The smallest absolute Gasteiger partial charge is 0.461 e. The molecule has 1 aliphatic carbocycles. The van der Waals surface area contributed by atoms with E-state index in [1.165, 1.54) is 70.6 Å². The molecule has 0 aliphatic heterocycles. The molecule has 9 atom stereocenters. The number of aliphatic hydroxyl groups excluding tert-OH is 4. The molecule has 0 aromatic carbocycles. The second-order valence-corrected chi connectivity index (χ2v) is 20.0. The zero-order valence-corrected chi connectivity index (χ0v) is 40.2. The molecule has 16 nitrogen and oxygen atoms in total. The summed E-state index contributed by atoms with van der Waals surface area (Å²) in [5, 5.41) is 41.2. The van der Waals surface area contributed by atoms with Gasteiger partial charge in [-0.25, -0.2) is 9.13 Å². The lowest BCUT2D eigenvalue weighted by Crippen LogP contribution is -2.29. The van der Waals surface area contributed by atoms with Crippen molar-refractivity contribution in [3.8, 4) is 0 Å². The van der Waals surface area contributed by atoms with Gasteiger partial charge < -0.3 is 44.6 Å². The highest BCUT2D eigenvalue weighted by atomic mass is 31.2. The Morgan fingerprint density at radius 3 is 1.83 bits per heavy atom. The summed E-state index contributed by atoms with van der Waals surface area (Å²) in [4.78, 5) is 53.1. The Labute approximate surface area is 377 Å². The minimum atomic E-state index is -4.90. The summed E-state index contributed by atoms with van der Waals surface area (Å²) < 4.78 is 47.8. The van der Waals surface area contributed by atoms with Gasteiger partial charge in [0.1, 0.15) is 12.7 Å². The van der Waals surface area contributed by atoms with Gasteiger partial charge in [-0.1, -0.05) is 161 Å². The molecular formula is C45H84O16P2. The number of carbonyl (C=O) groups excluding carboxylic acids is 2. The van der Waals surface area contributed by atoms with Crippen LogP contribution >= 0.6 is 15.6 Å². The Morgan fingerprint density at radius 1 is 0.683 bits per heavy atom. The predicted octanol–water partition coefficient (Wildman–Crippen LogP) is 8.52. The van der Waals surface area contributed by atoms with Crippen LogP contribution in [0.25, 0.3) is 0 Å². The first kappa shape index (κ1) is 59.5. The Bertz CT molecular complexity index is 1340. The molecule has 18 heteroatoms. The molecular weight excluding hydrogens is 858 g/mol. The van der Waals surface area contributed by atoms with Gasteiger partial charge in [-0.3, -0.25) is 23.2 Å². The fraction of sp³-hybridized carbons (Fsp3) is 0.867. The first-order chi connectivity index (χ1) is 30.0. The van der Waals surface area contributed by atoms with Crippen LogP contribution in [0.2, 0.25) is 0 Å². The maximum Gasteiger partial charge on any atom is 0.472 e. The molecule has 1 rings (SSSR count). The van der Waals surface area contributed by atoms with E-state index in [1.807, 2.05) is 0 Å². The molecule has 1 saturated carbocycles. The van der Waals surface area contributed by atoms with E-state index in [9.17, 15) is 44.0 Å². The monoisotopic (exact) mass is 943 g/mol. The molecule has 1 aliphatic rings. The van der Waals surface area contributed by atoms with Gasteiger partial charge in [0.25, 0.3) is 0 Å². The van der Waals surface area contributed by atoms with E-state index in [0.29, 0.717) is 19.3 Å². The molecule has 7 N–H and O–H groups in total. The average molecular weight is 943 g/mol. The quantitative estimate of drug-likeness (QED) is 0.0131. The lowest BCUT2D eigenvalue weighted by molar-refractivity contribution is -0.160. The highest BCUT2D eigenvalue weighted by molar-refractivity contribution is 7.47. The third-order valence-electron chi connectivity index (χ3n) is 11.5. The third kappa shape index (κ3) is 32.7. The van der Waals surface area contributed by atoms with E-state index < -0.39 is 84.5 Å². The molecule has 370 valence electrons. The zero-order valence-electron chi connectivity index (χ0n) is 38.4. The van der Waals surface area contributed by atoms with Gasteiger partial charge in [0.2, 0.25) is 0 Å². The molecule has 0 saturated heterocycles. The van der Waals surface area contributed by atoms with Crippen molar-refractivity contribution in [1.29, 1.82) is 0 Å². The minimum absolute atomic E-state index is 0.0690. The van der Waals surface area contributed by atoms with Crippen molar-refractivity contribution in [2.45, 2.75) is 205 Å². The van der Waals surface area contributed by atoms with Crippen molar-refractivity contribution in [2.24, 2.45) is 17.8 Å². The van der Waals surface area contributed by atoms with E-state index in [2.05, 4.69) is 29.8 Å². The summed E-state index contributed by atoms with van der Waals surface area (Å²) >= 11 is 0.